The monoisotopic (exact) mass is 1260 g/mol. The molecule has 0 aromatic rings. The zero-order valence-electron chi connectivity index (χ0n) is 56.3. The number of carbonyl (C=O) groups is 2. The lowest BCUT2D eigenvalue weighted by Gasteiger charge is -2.46. The molecule has 18 atom stereocenters. The maximum Gasteiger partial charge on any atom is 0.397 e. The van der Waals surface area contributed by atoms with Crippen LogP contribution in [0.1, 0.15) is 306 Å². The van der Waals surface area contributed by atoms with Gasteiger partial charge in [-0.25, -0.2) is 4.18 Å². The van der Waals surface area contributed by atoms with E-state index < -0.39 is 103 Å². The quantitative estimate of drug-likeness (QED) is 0.0169. The topological polar surface area (TPSA) is 265 Å². The smallest absolute Gasteiger partial charge is 0.397 e. The number of carbonyl (C=O) groups excluding carboxylic acids is 2. The number of hydrogen-bond donors (Lipinski definition) is 7. The second-order valence-corrected chi connectivity index (χ2v) is 28.8. The first-order valence-corrected chi connectivity index (χ1v) is 36.9. The fraction of sp³-hybridized carbons (Fsp3) is 0.971. The predicted molar refractivity (Wildman–Crippen MR) is 344 cm³/mol. The average molecular weight is 1270 g/mol. The molecule has 0 aromatic heterocycles. The van der Waals surface area contributed by atoms with Crippen LogP contribution in [-0.2, 0) is 47.9 Å². The highest BCUT2D eigenvalue weighted by Crippen LogP contribution is 2.35. The summed E-state index contributed by atoms with van der Waals surface area (Å²) >= 11 is 0. The van der Waals surface area contributed by atoms with Gasteiger partial charge in [-0.3, -0.25) is 14.1 Å². The van der Waals surface area contributed by atoms with Gasteiger partial charge in [0, 0.05) is 6.42 Å². The van der Waals surface area contributed by atoms with Crippen LogP contribution >= 0.6 is 0 Å². The number of rotatable bonds is 54. The summed E-state index contributed by atoms with van der Waals surface area (Å²) in [5.74, 6) is 0.0434. The van der Waals surface area contributed by atoms with Gasteiger partial charge in [0.25, 0.3) is 0 Å². The Morgan fingerprint density at radius 1 is 0.448 bits per heavy atom. The van der Waals surface area contributed by atoms with Gasteiger partial charge in [0.1, 0.15) is 30.5 Å². The maximum atomic E-state index is 14.2. The van der Waals surface area contributed by atoms with Crippen molar-refractivity contribution in [1.29, 1.82) is 0 Å². The van der Waals surface area contributed by atoms with E-state index in [9.17, 15) is 53.2 Å². The molecule has 2 aliphatic heterocycles. The van der Waals surface area contributed by atoms with Crippen LogP contribution in [0.25, 0.3) is 0 Å². The van der Waals surface area contributed by atoms with Crippen molar-refractivity contribution in [2.45, 2.75) is 374 Å². The third-order valence-corrected chi connectivity index (χ3v) is 19.0. The molecule has 0 aliphatic carbocycles. The number of aliphatic hydroxyl groups excluding tert-OH is 6. The molecule has 2 aliphatic rings. The summed E-state index contributed by atoms with van der Waals surface area (Å²) in [4.78, 5) is 27.7. The van der Waals surface area contributed by atoms with Crippen molar-refractivity contribution >= 4 is 22.3 Å². The van der Waals surface area contributed by atoms with Crippen LogP contribution in [-0.4, -0.2) is 136 Å². The van der Waals surface area contributed by atoms with Crippen molar-refractivity contribution in [3.63, 3.8) is 0 Å². The standard InChI is InChI=1S/C69H132O17S/c1-10-12-14-16-18-20-22-24-26-28-30-32-34-36-38-40-57(72)55(8)46-53(6)44-51(4)42-50(3)43-52(5)45-54(7)47-56(9)67(77)84-66-64(83-60(73)41-39-37-35-33-31-29-27-25-23-21-19-17-15-13-11-2)62(75)59(49-71)82-69(66)85-68-65(86-87(78,79)80)63(76)61(74)58(48-70)81-68/h50-59,61-66,68-72,74-76H,10-49H2,1-9H3,(H,78,79,80). The van der Waals surface area contributed by atoms with E-state index in [-0.39, 0.29) is 24.4 Å². The first-order valence-electron chi connectivity index (χ1n) is 35.5. The first kappa shape index (κ1) is 81.5. The second-order valence-electron chi connectivity index (χ2n) is 27.7. The third kappa shape index (κ3) is 36.5. The van der Waals surface area contributed by atoms with E-state index in [1.54, 1.807) is 6.92 Å². The summed E-state index contributed by atoms with van der Waals surface area (Å²) in [7, 11) is -5.33. The molecular weight excluding hydrogens is 1130 g/mol. The molecule has 2 rings (SSSR count). The molecule has 0 saturated carbocycles. The largest absolute Gasteiger partial charge is 0.455 e. The molecule has 516 valence electrons. The number of aliphatic hydroxyl groups is 6. The van der Waals surface area contributed by atoms with Crippen molar-refractivity contribution in [1.82, 2.24) is 0 Å². The Hall–Kier alpha value is -1.55. The molecule has 87 heavy (non-hydrogen) atoms. The molecule has 0 radical (unpaired) electrons. The molecule has 0 bridgehead atoms. The molecule has 0 spiro atoms. The van der Waals surface area contributed by atoms with Crippen molar-refractivity contribution in [3.8, 4) is 0 Å². The van der Waals surface area contributed by atoms with Gasteiger partial charge in [-0.05, 0) is 86.9 Å². The van der Waals surface area contributed by atoms with Gasteiger partial charge in [0.05, 0.1) is 25.2 Å². The molecule has 18 heteroatoms. The maximum absolute atomic E-state index is 14.2. The van der Waals surface area contributed by atoms with Gasteiger partial charge in [0.15, 0.2) is 24.6 Å². The zero-order chi connectivity index (χ0) is 64.6. The summed E-state index contributed by atoms with van der Waals surface area (Å²) < 4.78 is 67.6. The molecule has 17 nitrogen and oxygen atoms in total. The minimum absolute atomic E-state index is 0.0245. The van der Waals surface area contributed by atoms with Gasteiger partial charge in [0.2, 0.25) is 6.29 Å². The van der Waals surface area contributed by atoms with Gasteiger partial charge in [-0.15, -0.1) is 0 Å². The lowest BCUT2D eigenvalue weighted by atomic mass is 9.80. The molecule has 0 amide bonds. The lowest BCUT2D eigenvalue weighted by Crippen LogP contribution is -2.65. The second kappa shape index (κ2) is 48.2. The third-order valence-electron chi connectivity index (χ3n) is 18.5. The summed E-state index contributed by atoms with van der Waals surface area (Å²) in [5.41, 5.74) is 0. The Balaban J connectivity index is 1.96. The number of ether oxygens (including phenoxy) is 5. The van der Waals surface area contributed by atoms with E-state index in [4.69, 9.17) is 23.7 Å². The Labute approximate surface area is 529 Å². The Bertz CT molecular complexity index is 1810. The minimum Gasteiger partial charge on any atom is -0.455 e. The van der Waals surface area contributed by atoms with Gasteiger partial charge < -0.3 is 54.3 Å². The SMILES string of the molecule is CCCCCCCCCCCCCCCCCC(=O)OC1C(O)C(CO)OC(OC2OC(CO)C(O)C(O)C2OS(=O)(=O)O)C1OC(=O)C(C)CC(C)CC(C)CC(C)CC(C)CC(C)CC(C)C(O)CCCCCCCCCCCCCCCCC. The summed E-state index contributed by atoms with van der Waals surface area (Å²) in [6.45, 7) is 18.0. The molecule has 7 N–H and O–H groups in total. The Kier molecular flexibility index (Phi) is 45.2. The molecule has 0 aromatic carbocycles. The van der Waals surface area contributed by atoms with Crippen LogP contribution < -0.4 is 0 Å². The van der Waals surface area contributed by atoms with Crippen molar-refractivity contribution in [2.24, 2.45) is 41.4 Å². The Morgan fingerprint density at radius 3 is 1.21 bits per heavy atom. The van der Waals surface area contributed by atoms with Crippen molar-refractivity contribution < 1.29 is 81.1 Å². The number of hydrogen-bond acceptors (Lipinski definition) is 16. The van der Waals surface area contributed by atoms with Gasteiger partial charge >= 0.3 is 22.3 Å². The van der Waals surface area contributed by atoms with Crippen LogP contribution in [0.2, 0.25) is 0 Å². The predicted octanol–water partition coefficient (Wildman–Crippen LogP) is 14.2. The van der Waals surface area contributed by atoms with Crippen LogP contribution in [0.15, 0.2) is 0 Å². The van der Waals surface area contributed by atoms with Crippen LogP contribution in [0.5, 0.6) is 0 Å². The van der Waals surface area contributed by atoms with E-state index in [0.29, 0.717) is 36.5 Å². The molecular formula is C69H132O17S. The highest BCUT2D eigenvalue weighted by molar-refractivity contribution is 7.80. The summed E-state index contributed by atoms with van der Waals surface area (Å²) in [6.07, 6.45) is 24.9. The van der Waals surface area contributed by atoms with Gasteiger partial charge in [-0.2, -0.15) is 8.42 Å². The normalized spacial score (nSPS) is 25.5. The highest BCUT2D eigenvalue weighted by atomic mass is 32.3. The van der Waals surface area contributed by atoms with Gasteiger partial charge in [-0.1, -0.05) is 249 Å². The summed E-state index contributed by atoms with van der Waals surface area (Å²) in [6, 6.07) is 0. The number of unbranched alkanes of at least 4 members (excludes halogenated alkanes) is 28. The molecule has 18 unspecified atom stereocenters. The lowest BCUT2D eigenvalue weighted by molar-refractivity contribution is -0.374. The van der Waals surface area contributed by atoms with E-state index in [0.717, 1.165) is 70.6 Å². The van der Waals surface area contributed by atoms with Crippen molar-refractivity contribution in [3.05, 3.63) is 0 Å². The van der Waals surface area contributed by atoms with E-state index in [1.165, 1.54) is 154 Å². The van der Waals surface area contributed by atoms with E-state index in [1.807, 2.05) is 0 Å². The fourth-order valence-electron chi connectivity index (χ4n) is 13.8. The van der Waals surface area contributed by atoms with Crippen LogP contribution in [0, 0.1) is 41.4 Å². The molecule has 2 fully saturated rings. The van der Waals surface area contributed by atoms with E-state index >= 15 is 0 Å². The van der Waals surface area contributed by atoms with Crippen LogP contribution in [0.4, 0.5) is 0 Å². The molecule has 2 heterocycles. The summed E-state index contributed by atoms with van der Waals surface area (Å²) in [5, 5.41) is 64.4. The Morgan fingerprint density at radius 2 is 0.805 bits per heavy atom. The van der Waals surface area contributed by atoms with Crippen LogP contribution in [0.3, 0.4) is 0 Å². The average Bonchev–Trinajstić information content (AvgIpc) is 1.02. The minimum atomic E-state index is -5.33. The van der Waals surface area contributed by atoms with E-state index in [2.05, 4.69) is 59.6 Å². The highest BCUT2D eigenvalue weighted by Gasteiger charge is 2.55. The van der Waals surface area contributed by atoms with Crippen molar-refractivity contribution in [2.75, 3.05) is 13.2 Å². The first-order chi connectivity index (χ1) is 41.5. The number of esters is 2. The molecule has 2 saturated heterocycles. The zero-order valence-corrected chi connectivity index (χ0v) is 57.1. The fourth-order valence-corrected chi connectivity index (χ4v) is 14.3.